The number of aliphatic hydroxyl groups excluding tert-OH is 1. The molecule has 1 saturated heterocycles. The van der Waals surface area contributed by atoms with Gasteiger partial charge in [-0.05, 0) is 39.1 Å². The van der Waals surface area contributed by atoms with Crippen LogP contribution in [0.25, 0.3) is 21.9 Å². The highest BCUT2D eigenvalue weighted by Gasteiger charge is 2.40. The fraction of sp³-hybridized carbons (Fsp3) is 0.407. The van der Waals surface area contributed by atoms with Crippen molar-refractivity contribution in [2.75, 3.05) is 6.61 Å². The maximum absolute atomic E-state index is 14.1. The van der Waals surface area contributed by atoms with Crippen LogP contribution >= 0.6 is 7.75 Å². The first-order chi connectivity index (χ1) is 19.5. The van der Waals surface area contributed by atoms with Gasteiger partial charge < -0.3 is 24.1 Å². The van der Waals surface area contributed by atoms with E-state index in [0.29, 0.717) is 16.9 Å². The number of hydrogen-bond donors (Lipinski definition) is 3. The van der Waals surface area contributed by atoms with Gasteiger partial charge in [-0.25, -0.2) is 14.5 Å². The first-order valence-corrected chi connectivity index (χ1v) is 14.7. The van der Waals surface area contributed by atoms with Crippen molar-refractivity contribution < 1.29 is 33.0 Å². The number of aromatic amines is 1. The van der Waals surface area contributed by atoms with Crippen LogP contribution in [0.3, 0.4) is 0 Å². The highest BCUT2D eigenvalue weighted by molar-refractivity contribution is 7.52. The van der Waals surface area contributed by atoms with E-state index < -0.39 is 38.2 Å². The topological polar surface area (TPSA) is 167 Å². The lowest BCUT2D eigenvalue weighted by Gasteiger charge is -2.25. The van der Waals surface area contributed by atoms with Crippen molar-refractivity contribution in [3.05, 3.63) is 65.0 Å². The van der Waals surface area contributed by atoms with Crippen molar-refractivity contribution in [1.82, 2.24) is 24.6 Å². The molecule has 14 heteroatoms. The summed E-state index contributed by atoms with van der Waals surface area (Å²) in [6.45, 7) is 6.22. The Balaban J connectivity index is 1.36. The SMILES string of the molecule is Cc1nc2c(ncn2[C@H]2C[C@@H](O)[C@@H](COP(=O)(N[C@@H](C)C(=O)OC(C)C)Oc3cccc4ccccc34)O2)c(=O)[nH]1. The summed E-state index contributed by atoms with van der Waals surface area (Å²) in [4.78, 5) is 35.8. The van der Waals surface area contributed by atoms with E-state index in [9.17, 15) is 19.3 Å². The van der Waals surface area contributed by atoms with Gasteiger partial charge in [-0.15, -0.1) is 0 Å². The Labute approximate surface area is 235 Å². The number of carbonyl (C=O) groups is 1. The lowest BCUT2D eigenvalue weighted by molar-refractivity contribution is -0.149. The normalized spacial score (nSPS) is 21.3. The third-order valence-corrected chi connectivity index (χ3v) is 8.13. The molecule has 0 spiro atoms. The summed E-state index contributed by atoms with van der Waals surface area (Å²) in [6, 6.07) is 11.6. The number of aromatic nitrogens is 4. The van der Waals surface area contributed by atoms with Crippen LogP contribution < -0.4 is 15.2 Å². The van der Waals surface area contributed by atoms with Gasteiger partial charge in [-0.3, -0.25) is 18.7 Å². The minimum Gasteiger partial charge on any atom is -0.462 e. The number of imidazole rings is 1. The van der Waals surface area contributed by atoms with E-state index in [4.69, 9.17) is 18.5 Å². The molecule has 1 fully saturated rings. The second-order valence-electron chi connectivity index (χ2n) is 10.1. The number of rotatable bonds is 10. The maximum atomic E-state index is 14.1. The van der Waals surface area contributed by atoms with Crippen molar-refractivity contribution >= 4 is 35.7 Å². The zero-order chi connectivity index (χ0) is 29.3. The van der Waals surface area contributed by atoms with Crippen LogP contribution in [0.4, 0.5) is 0 Å². The second-order valence-corrected chi connectivity index (χ2v) is 11.8. The molecule has 5 atom stereocenters. The third-order valence-electron chi connectivity index (χ3n) is 6.50. The number of hydrogen-bond acceptors (Lipinski definition) is 10. The molecule has 0 amide bonds. The molecule has 3 N–H and O–H groups in total. The van der Waals surface area contributed by atoms with Gasteiger partial charge in [-0.2, -0.15) is 5.09 Å². The summed E-state index contributed by atoms with van der Waals surface area (Å²) in [7, 11) is -4.23. The summed E-state index contributed by atoms with van der Waals surface area (Å²) in [6.07, 6.45) is -1.43. The van der Waals surface area contributed by atoms with Crippen LogP contribution in [0.5, 0.6) is 5.75 Å². The molecule has 1 aliphatic heterocycles. The average Bonchev–Trinajstić information content (AvgIpc) is 3.50. The molecule has 4 aromatic rings. The summed E-state index contributed by atoms with van der Waals surface area (Å²) in [5.74, 6) is 0.0587. The number of H-pyrrole nitrogens is 1. The maximum Gasteiger partial charge on any atom is 0.459 e. The molecule has 5 rings (SSSR count). The molecule has 0 bridgehead atoms. The molecule has 218 valence electrons. The van der Waals surface area contributed by atoms with Crippen LogP contribution in [0.1, 0.15) is 39.2 Å². The fourth-order valence-electron chi connectivity index (χ4n) is 4.57. The molecule has 0 radical (unpaired) electrons. The number of benzene rings is 2. The number of aliphatic hydroxyl groups is 1. The Hall–Kier alpha value is -3.61. The van der Waals surface area contributed by atoms with E-state index in [1.54, 1.807) is 37.5 Å². The first-order valence-electron chi connectivity index (χ1n) is 13.2. The molecule has 0 aliphatic carbocycles. The largest absolute Gasteiger partial charge is 0.462 e. The number of ether oxygens (including phenoxy) is 2. The Morgan fingerprint density at radius 2 is 2.00 bits per heavy atom. The van der Waals surface area contributed by atoms with Gasteiger partial charge in [0.15, 0.2) is 11.2 Å². The van der Waals surface area contributed by atoms with E-state index in [0.717, 1.165) is 5.39 Å². The zero-order valence-corrected chi connectivity index (χ0v) is 23.9. The van der Waals surface area contributed by atoms with Gasteiger partial charge in [0.1, 0.15) is 29.9 Å². The number of carbonyl (C=O) groups excluding carboxylic acids is 1. The van der Waals surface area contributed by atoms with Gasteiger partial charge in [0.2, 0.25) is 0 Å². The number of aryl methyl sites for hydroxylation is 1. The Morgan fingerprint density at radius 3 is 2.78 bits per heavy atom. The first kappa shape index (κ1) is 28.9. The van der Waals surface area contributed by atoms with E-state index in [1.165, 1.54) is 13.3 Å². The summed E-state index contributed by atoms with van der Waals surface area (Å²) >= 11 is 0. The van der Waals surface area contributed by atoms with E-state index in [2.05, 4.69) is 20.0 Å². The molecule has 1 unspecified atom stereocenters. The molecule has 2 aromatic heterocycles. The Morgan fingerprint density at radius 1 is 1.24 bits per heavy atom. The third kappa shape index (κ3) is 6.34. The number of esters is 1. The summed E-state index contributed by atoms with van der Waals surface area (Å²) < 4.78 is 38.6. The zero-order valence-electron chi connectivity index (χ0n) is 23.0. The van der Waals surface area contributed by atoms with Gasteiger partial charge in [0, 0.05) is 11.8 Å². The van der Waals surface area contributed by atoms with E-state index in [1.807, 2.05) is 30.3 Å². The monoisotopic (exact) mass is 585 g/mol. The van der Waals surface area contributed by atoms with Crippen LogP contribution in [0, 0.1) is 6.92 Å². The van der Waals surface area contributed by atoms with Crippen LogP contribution in [-0.2, 0) is 23.4 Å². The van der Waals surface area contributed by atoms with Crippen LogP contribution in [0.15, 0.2) is 53.6 Å². The molecular weight excluding hydrogens is 553 g/mol. The summed E-state index contributed by atoms with van der Waals surface area (Å²) in [5.41, 5.74) is 0.0781. The fourth-order valence-corrected chi connectivity index (χ4v) is 6.09. The molecule has 41 heavy (non-hydrogen) atoms. The highest BCUT2D eigenvalue weighted by Crippen LogP contribution is 2.47. The van der Waals surface area contributed by atoms with E-state index >= 15 is 0 Å². The summed E-state index contributed by atoms with van der Waals surface area (Å²) in [5, 5.41) is 15.0. The van der Waals surface area contributed by atoms with Gasteiger partial charge in [0.05, 0.1) is 25.1 Å². The lowest BCUT2D eigenvalue weighted by Crippen LogP contribution is -2.37. The quantitative estimate of drug-likeness (QED) is 0.184. The molecule has 2 aromatic carbocycles. The van der Waals surface area contributed by atoms with Crippen molar-refractivity contribution in [3.63, 3.8) is 0 Å². The van der Waals surface area contributed by atoms with Crippen molar-refractivity contribution in [2.24, 2.45) is 0 Å². The molecule has 13 nitrogen and oxygen atoms in total. The lowest BCUT2D eigenvalue weighted by atomic mass is 10.1. The molecule has 1 aliphatic rings. The predicted octanol–water partition coefficient (Wildman–Crippen LogP) is 3.36. The second kappa shape index (κ2) is 11.7. The van der Waals surface area contributed by atoms with Crippen molar-refractivity contribution in [2.45, 2.75) is 64.7 Å². The van der Waals surface area contributed by atoms with Crippen molar-refractivity contribution in [1.29, 1.82) is 0 Å². The standard InChI is InChI=1S/C27H32N5O8P/c1-15(2)38-27(35)16(3)31-41(36,40-21-11-7-9-18-8-5-6-10-19(18)21)37-13-22-20(33)12-23(39-22)32-14-28-24-25(32)29-17(4)30-26(24)34/h5-11,14-16,20,22-23,33H,12-13H2,1-4H3,(H,31,36)(H,29,30,34)/t16-,20+,22+,23+,41?/m0/s1. The molecule has 0 saturated carbocycles. The average molecular weight is 586 g/mol. The minimum atomic E-state index is -4.23. The van der Waals surface area contributed by atoms with Crippen LogP contribution in [0.2, 0.25) is 0 Å². The van der Waals surface area contributed by atoms with Gasteiger partial charge >= 0.3 is 13.7 Å². The number of nitrogens with one attached hydrogen (secondary N) is 2. The minimum absolute atomic E-state index is 0.145. The predicted molar refractivity (Wildman–Crippen MR) is 149 cm³/mol. The smallest absolute Gasteiger partial charge is 0.459 e. The van der Waals surface area contributed by atoms with Crippen molar-refractivity contribution in [3.8, 4) is 5.75 Å². The molecule has 3 heterocycles. The van der Waals surface area contributed by atoms with Gasteiger partial charge in [0.25, 0.3) is 5.56 Å². The van der Waals surface area contributed by atoms with E-state index in [-0.39, 0.29) is 36.0 Å². The highest BCUT2D eigenvalue weighted by atomic mass is 31.2. The van der Waals surface area contributed by atoms with Gasteiger partial charge in [-0.1, -0.05) is 36.4 Å². The van der Waals surface area contributed by atoms with Crippen LogP contribution in [-0.4, -0.2) is 61.6 Å². The Kier molecular flexibility index (Phi) is 8.25. The number of fused-ring (bicyclic) bond motifs is 2. The molecular formula is C27H32N5O8P. The Bertz CT molecular complexity index is 1670. The number of nitrogens with zero attached hydrogens (tertiary/aromatic N) is 3.